The number of aliphatic imine (C=N–C) groups is 1. The normalized spacial score (nSPS) is 18.8. The fourth-order valence-electron chi connectivity index (χ4n) is 2.09. The van der Waals surface area contributed by atoms with E-state index in [0.29, 0.717) is 23.3 Å². The maximum atomic E-state index is 12.1. The molecule has 1 aromatic rings. The number of carbonyl (C=O) groups excluding carboxylic acids is 2. The number of thioether (sulfide) groups is 1. The third-order valence-electron chi connectivity index (χ3n) is 3.48. The van der Waals surface area contributed by atoms with E-state index in [2.05, 4.69) is 29.5 Å². The van der Waals surface area contributed by atoms with Crippen molar-refractivity contribution in [3.63, 3.8) is 0 Å². The maximum absolute atomic E-state index is 12.1. The molecule has 1 atom stereocenters. The average Bonchev–Trinajstić information content (AvgIpc) is 2.87. The summed E-state index contributed by atoms with van der Waals surface area (Å²) in [5, 5.41) is 5.71. The van der Waals surface area contributed by atoms with Crippen LogP contribution in [0.15, 0.2) is 29.3 Å². The molecule has 1 fully saturated rings. The first-order valence-electron chi connectivity index (χ1n) is 7.94. The summed E-state index contributed by atoms with van der Waals surface area (Å²) in [6, 6.07) is 7.06. The molecule has 1 aliphatic heterocycles. The van der Waals surface area contributed by atoms with Crippen LogP contribution in [0.4, 0.5) is 5.69 Å². The summed E-state index contributed by atoms with van der Waals surface area (Å²) in [5.41, 5.74) is 0.676. The zero-order valence-corrected chi connectivity index (χ0v) is 15.0. The number of hydrogen-bond acceptors (Lipinski definition) is 5. The number of amidine groups is 1. The van der Waals surface area contributed by atoms with E-state index in [4.69, 9.17) is 4.74 Å². The molecule has 1 heterocycles. The number of nitrogens with one attached hydrogen (secondary N) is 2. The Balaban J connectivity index is 1.83. The minimum Gasteiger partial charge on any atom is -0.497 e. The smallest absolute Gasteiger partial charge is 0.240 e. The van der Waals surface area contributed by atoms with E-state index < -0.39 is 5.25 Å². The molecule has 1 saturated heterocycles. The lowest BCUT2D eigenvalue weighted by atomic mass is 10.1. The van der Waals surface area contributed by atoms with E-state index in [1.807, 2.05) is 0 Å². The minimum absolute atomic E-state index is 0.117. The van der Waals surface area contributed by atoms with E-state index in [-0.39, 0.29) is 18.2 Å². The highest BCUT2D eigenvalue weighted by atomic mass is 32.2. The number of carbonyl (C=O) groups is 2. The summed E-state index contributed by atoms with van der Waals surface area (Å²) >= 11 is 1.32. The molecule has 0 radical (unpaired) electrons. The Kier molecular flexibility index (Phi) is 6.66. The number of amides is 2. The van der Waals surface area contributed by atoms with Crippen LogP contribution < -0.4 is 15.4 Å². The molecule has 1 aromatic carbocycles. The van der Waals surface area contributed by atoms with Gasteiger partial charge in [0.2, 0.25) is 11.8 Å². The second-order valence-corrected chi connectivity index (χ2v) is 7.14. The number of nitrogens with zero attached hydrogens (tertiary/aromatic N) is 1. The zero-order chi connectivity index (χ0) is 17.5. The van der Waals surface area contributed by atoms with Crippen molar-refractivity contribution < 1.29 is 14.3 Å². The van der Waals surface area contributed by atoms with Crippen molar-refractivity contribution in [2.75, 3.05) is 19.0 Å². The van der Waals surface area contributed by atoms with Crippen LogP contribution in [0.25, 0.3) is 0 Å². The molecule has 0 unspecified atom stereocenters. The Morgan fingerprint density at radius 2 is 2.08 bits per heavy atom. The molecule has 2 rings (SSSR count). The van der Waals surface area contributed by atoms with Crippen LogP contribution >= 0.6 is 11.8 Å². The summed E-state index contributed by atoms with van der Waals surface area (Å²) in [4.78, 5) is 28.4. The van der Waals surface area contributed by atoms with Gasteiger partial charge in [0.25, 0.3) is 0 Å². The highest BCUT2D eigenvalue weighted by Gasteiger charge is 2.31. The molecule has 0 spiro atoms. The van der Waals surface area contributed by atoms with Crippen LogP contribution in [0, 0.1) is 5.92 Å². The fraction of sp³-hybridized carbons (Fsp3) is 0.471. The standard InChI is InChI=1S/C17H23N3O3S/c1-11(2)8-9-18-17-20-16(22)14(24-17)10-15(21)19-12-4-6-13(23-3)7-5-12/h4-7,11,14H,8-10H2,1-3H3,(H,19,21)(H,18,20,22)/t14-/m1/s1. The van der Waals surface area contributed by atoms with Crippen molar-refractivity contribution in [2.45, 2.75) is 31.9 Å². The monoisotopic (exact) mass is 349 g/mol. The molecule has 2 N–H and O–H groups in total. The lowest BCUT2D eigenvalue weighted by Gasteiger charge is -2.08. The second-order valence-electron chi connectivity index (χ2n) is 5.95. The van der Waals surface area contributed by atoms with E-state index >= 15 is 0 Å². The summed E-state index contributed by atoms with van der Waals surface area (Å²) in [6.07, 6.45) is 1.09. The summed E-state index contributed by atoms with van der Waals surface area (Å²) in [5.74, 6) is 0.938. The molecule has 6 nitrogen and oxygen atoms in total. The molecule has 0 aliphatic carbocycles. The maximum Gasteiger partial charge on any atom is 0.240 e. The molecule has 130 valence electrons. The van der Waals surface area contributed by atoms with Crippen molar-refractivity contribution >= 4 is 34.4 Å². The Morgan fingerprint density at radius 1 is 1.38 bits per heavy atom. The molecule has 0 aromatic heterocycles. The van der Waals surface area contributed by atoms with E-state index in [1.165, 1.54) is 11.8 Å². The number of anilines is 1. The van der Waals surface area contributed by atoms with Gasteiger partial charge >= 0.3 is 0 Å². The molecular weight excluding hydrogens is 326 g/mol. The predicted octanol–water partition coefficient (Wildman–Crippen LogP) is 2.66. The number of ether oxygens (including phenoxy) is 1. The zero-order valence-electron chi connectivity index (χ0n) is 14.2. The number of rotatable bonds is 7. The first-order chi connectivity index (χ1) is 11.5. The van der Waals surface area contributed by atoms with Crippen LogP contribution in [-0.2, 0) is 9.59 Å². The lowest BCUT2D eigenvalue weighted by molar-refractivity contribution is -0.122. The Bertz CT molecular complexity index is 614. The van der Waals surface area contributed by atoms with Gasteiger partial charge in [0.1, 0.15) is 11.0 Å². The number of hydrogen-bond donors (Lipinski definition) is 2. The quantitative estimate of drug-likeness (QED) is 0.793. The van der Waals surface area contributed by atoms with Gasteiger partial charge in [-0.25, -0.2) is 0 Å². The largest absolute Gasteiger partial charge is 0.497 e. The number of methoxy groups -OCH3 is 1. The van der Waals surface area contributed by atoms with Gasteiger partial charge in [0.15, 0.2) is 5.17 Å². The van der Waals surface area contributed by atoms with E-state index in [1.54, 1.807) is 31.4 Å². The van der Waals surface area contributed by atoms with Crippen molar-refractivity contribution in [1.29, 1.82) is 0 Å². The van der Waals surface area contributed by atoms with Gasteiger partial charge in [0, 0.05) is 18.7 Å². The van der Waals surface area contributed by atoms with Gasteiger partial charge in [-0.05, 0) is 36.6 Å². The molecule has 1 aliphatic rings. The van der Waals surface area contributed by atoms with E-state index in [9.17, 15) is 9.59 Å². The third kappa shape index (κ3) is 5.56. The molecule has 0 saturated carbocycles. The van der Waals surface area contributed by atoms with Gasteiger partial charge in [0.05, 0.1) is 7.11 Å². The van der Waals surface area contributed by atoms with Gasteiger partial charge in [-0.3, -0.25) is 14.6 Å². The van der Waals surface area contributed by atoms with Crippen LogP contribution in [0.2, 0.25) is 0 Å². The average molecular weight is 349 g/mol. The molecule has 7 heteroatoms. The van der Waals surface area contributed by atoms with Gasteiger partial charge < -0.3 is 15.4 Å². The lowest BCUT2D eigenvalue weighted by Crippen LogP contribution is -2.28. The van der Waals surface area contributed by atoms with Crippen molar-refractivity contribution in [3.8, 4) is 5.75 Å². The van der Waals surface area contributed by atoms with Gasteiger partial charge in [-0.1, -0.05) is 25.6 Å². The van der Waals surface area contributed by atoms with Crippen LogP contribution in [0.3, 0.4) is 0 Å². The Labute approximate surface area is 146 Å². The van der Waals surface area contributed by atoms with Crippen LogP contribution in [0.5, 0.6) is 5.75 Å². The summed E-state index contributed by atoms with van der Waals surface area (Å²) in [7, 11) is 1.59. The fourth-order valence-corrected chi connectivity index (χ4v) is 3.09. The molecule has 24 heavy (non-hydrogen) atoms. The van der Waals surface area contributed by atoms with Gasteiger partial charge in [-0.15, -0.1) is 0 Å². The van der Waals surface area contributed by atoms with Crippen LogP contribution in [0.1, 0.15) is 26.7 Å². The highest BCUT2D eigenvalue weighted by molar-refractivity contribution is 8.15. The van der Waals surface area contributed by atoms with Crippen molar-refractivity contribution in [2.24, 2.45) is 10.9 Å². The first kappa shape index (κ1) is 18.3. The molecule has 0 bridgehead atoms. The Hall–Kier alpha value is -2.02. The third-order valence-corrected chi connectivity index (χ3v) is 4.60. The van der Waals surface area contributed by atoms with Gasteiger partial charge in [-0.2, -0.15) is 0 Å². The van der Waals surface area contributed by atoms with Crippen molar-refractivity contribution in [3.05, 3.63) is 24.3 Å². The minimum atomic E-state index is -0.430. The first-order valence-corrected chi connectivity index (χ1v) is 8.81. The summed E-state index contributed by atoms with van der Waals surface area (Å²) in [6.45, 7) is 4.95. The van der Waals surface area contributed by atoms with Crippen LogP contribution in [-0.4, -0.2) is 35.9 Å². The Morgan fingerprint density at radius 3 is 2.71 bits per heavy atom. The predicted molar refractivity (Wildman–Crippen MR) is 97.5 cm³/mol. The topological polar surface area (TPSA) is 79.8 Å². The SMILES string of the molecule is COc1ccc(NC(=O)C[C@H]2SC(=NCCC(C)C)NC2=O)cc1. The molecule has 2 amide bonds. The second kappa shape index (κ2) is 8.73. The van der Waals surface area contributed by atoms with Crippen molar-refractivity contribution in [1.82, 2.24) is 5.32 Å². The van der Waals surface area contributed by atoms with E-state index in [0.717, 1.165) is 12.2 Å². The number of benzene rings is 1. The molecular formula is C17H23N3O3S. The highest BCUT2D eigenvalue weighted by Crippen LogP contribution is 2.23. The summed E-state index contributed by atoms with van der Waals surface area (Å²) < 4.78 is 5.07.